The Morgan fingerprint density at radius 3 is 2.76 bits per heavy atom. The summed E-state index contributed by atoms with van der Waals surface area (Å²) >= 11 is 3.26. The Morgan fingerprint density at radius 2 is 2.18 bits per heavy atom. The van der Waals surface area contributed by atoms with Crippen LogP contribution in [0.5, 0.6) is 0 Å². The summed E-state index contributed by atoms with van der Waals surface area (Å²) in [4.78, 5) is 11.8. The summed E-state index contributed by atoms with van der Waals surface area (Å²) in [6, 6.07) is 4.97. The van der Waals surface area contributed by atoms with Gasteiger partial charge in [-0.3, -0.25) is 10.1 Å². The molecule has 0 fully saturated rings. The Hall–Kier alpha value is -1.89. The van der Waals surface area contributed by atoms with Crippen molar-refractivity contribution >= 4 is 33.5 Å². The molecule has 0 atom stereocenters. The zero-order valence-electron chi connectivity index (χ0n) is 8.90. The van der Waals surface area contributed by atoms with E-state index in [2.05, 4.69) is 31.4 Å². The third-order valence-corrected chi connectivity index (χ3v) is 2.39. The molecule has 88 valence electrons. The summed E-state index contributed by atoms with van der Waals surface area (Å²) in [7, 11) is 0. The number of aryl methyl sites for hydroxylation is 1. The van der Waals surface area contributed by atoms with E-state index in [0.29, 0.717) is 17.1 Å². The summed E-state index contributed by atoms with van der Waals surface area (Å²) in [6.07, 6.45) is 0. The largest absolute Gasteiger partial charge is 0.408 e. The summed E-state index contributed by atoms with van der Waals surface area (Å²) in [5.41, 5.74) is 6.54. The fourth-order valence-electron chi connectivity index (χ4n) is 1.26. The fourth-order valence-corrected chi connectivity index (χ4v) is 1.77. The van der Waals surface area contributed by atoms with Crippen molar-refractivity contribution in [2.45, 2.75) is 6.92 Å². The lowest BCUT2D eigenvalue weighted by molar-refractivity contribution is 0.102. The Morgan fingerprint density at radius 1 is 1.41 bits per heavy atom. The van der Waals surface area contributed by atoms with Gasteiger partial charge in [0, 0.05) is 22.6 Å². The smallest absolute Gasteiger partial charge is 0.322 e. The van der Waals surface area contributed by atoms with Gasteiger partial charge < -0.3 is 10.2 Å². The van der Waals surface area contributed by atoms with E-state index < -0.39 is 0 Å². The molecule has 1 amide bonds. The lowest BCUT2D eigenvalue weighted by atomic mass is 10.2. The van der Waals surface area contributed by atoms with Crippen molar-refractivity contribution in [1.82, 2.24) is 10.2 Å². The highest BCUT2D eigenvalue weighted by Crippen LogP contribution is 2.18. The minimum atomic E-state index is -0.360. The summed E-state index contributed by atoms with van der Waals surface area (Å²) in [6.45, 7) is 1.64. The maximum Gasteiger partial charge on any atom is 0.322 e. The van der Waals surface area contributed by atoms with Gasteiger partial charge in [0.05, 0.1) is 0 Å². The molecule has 17 heavy (non-hydrogen) atoms. The molecule has 0 aliphatic carbocycles. The molecule has 2 rings (SSSR count). The second-order valence-electron chi connectivity index (χ2n) is 3.35. The first-order valence-electron chi connectivity index (χ1n) is 4.72. The van der Waals surface area contributed by atoms with Gasteiger partial charge in [0.15, 0.2) is 0 Å². The maximum absolute atomic E-state index is 11.8. The molecule has 1 heterocycles. The SMILES string of the molecule is Cc1nnc(NC(=O)c2cc(N)cc(Br)c2)o1. The normalized spacial score (nSPS) is 10.2. The number of aromatic nitrogens is 2. The lowest BCUT2D eigenvalue weighted by Gasteiger charge is -2.02. The number of nitrogens with zero attached hydrogens (tertiary/aromatic N) is 2. The predicted molar refractivity (Wildman–Crippen MR) is 65.5 cm³/mol. The monoisotopic (exact) mass is 296 g/mol. The van der Waals surface area contributed by atoms with Crippen molar-refractivity contribution in [3.63, 3.8) is 0 Å². The van der Waals surface area contributed by atoms with Crippen molar-refractivity contribution < 1.29 is 9.21 Å². The van der Waals surface area contributed by atoms with Crippen molar-refractivity contribution in [2.24, 2.45) is 0 Å². The Bertz CT molecular complexity index is 547. The number of nitrogens with one attached hydrogen (secondary N) is 1. The van der Waals surface area contributed by atoms with Crippen molar-refractivity contribution in [3.05, 3.63) is 34.1 Å². The maximum atomic E-state index is 11.8. The summed E-state index contributed by atoms with van der Waals surface area (Å²) in [5, 5.41) is 9.75. The molecular weight excluding hydrogens is 288 g/mol. The zero-order chi connectivity index (χ0) is 12.4. The number of halogens is 1. The van der Waals surface area contributed by atoms with Crippen LogP contribution in [0, 0.1) is 6.92 Å². The van der Waals surface area contributed by atoms with Crippen LogP contribution >= 0.6 is 15.9 Å². The number of benzene rings is 1. The van der Waals surface area contributed by atoms with Crippen LogP contribution < -0.4 is 11.1 Å². The van der Waals surface area contributed by atoms with Gasteiger partial charge in [-0.05, 0) is 18.2 Å². The quantitative estimate of drug-likeness (QED) is 0.826. The van der Waals surface area contributed by atoms with E-state index in [0.717, 1.165) is 4.47 Å². The number of carbonyl (C=O) groups excluding carboxylic acids is 1. The van der Waals surface area contributed by atoms with Gasteiger partial charge in [-0.1, -0.05) is 21.0 Å². The van der Waals surface area contributed by atoms with E-state index in [4.69, 9.17) is 10.2 Å². The second kappa shape index (κ2) is 4.54. The summed E-state index contributed by atoms with van der Waals surface area (Å²) in [5.74, 6) is 0.0238. The molecule has 0 radical (unpaired) electrons. The Kier molecular flexibility index (Phi) is 3.10. The molecule has 0 saturated heterocycles. The highest BCUT2D eigenvalue weighted by molar-refractivity contribution is 9.10. The minimum Gasteiger partial charge on any atom is -0.408 e. The van der Waals surface area contributed by atoms with Crippen LogP contribution in [0.2, 0.25) is 0 Å². The molecule has 2 aromatic rings. The van der Waals surface area contributed by atoms with Crippen LogP contribution in [0.15, 0.2) is 27.1 Å². The number of amides is 1. The molecule has 0 aliphatic heterocycles. The number of nitrogen functional groups attached to an aromatic ring is 1. The zero-order valence-corrected chi connectivity index (χ0v) is 10.5. The van der Waals surface area contributed by atoms with Gasteiger partial charge in [0.2, 0.25) is 5.89 Å². The molecule has 1 aromatic carbocycles. The highest BCUT2D eigenvalue weighted by Gasteiger charge is 2.11. The van der Waals surface area contributed by atoms with Crippen LogP contribution in [0.3, 0.4) is 0 Å². The number of hydrogen-bond donors (Lipinski definition) is 2. The number of nitrogens with two attached hydrogens (primary N) is 1. The molecule has 0 spiro atoms. The van der Waals surface area contributed by atoms with Crippen molar-refractivity contribution in [1.29, 1.82) is 0 Å². The first kappa shape index (κ1) is 11.6. The van der Waals surface area contributed by atoms with E-state index in [1.165, 1.54) is 0 Å². The first-order chi connectivity index (χ1) is 8.04. The highest BCUT2D eigenvalue weighted by atomic mass is 79.9. The van der Waals surface area contributed by atoms with E-state index in [9.17, 15) is 4.79 Å². The third-order valence-electron chi connectivity index (χ3n) is 1.93. The van der Waals surface area contributed by atoms with Gasteiger partial charge >= 0.3 is 6.01 Å². The number of anilines is 2. The van der Waals surface area contributed by atoms with Gasteiger partial charge in [0.25, 0.3) is 5.91 Å². The standard InChI is InChI=1S/C10H9BrN4O2/c1-5-14-15-10(17-5)13-9(16)6-2-7(11)4-8(12)3-6/h2-4H,12H2,1H3,(H,13,15,16). The van der Waals surface area contributed by atoms with Crippen LogP contribution in [0.1, 0.15) is 16.2 Å². The molecular formula is C10H9BrN4O2. The van der Waals surface area contributed by atoms with Crippen LogP contribution in [0.4, 0.5) is 11.7 Å². The van der Waals surface area contributed by atoms with Crippen molar-refractivity contribution in [2.75, 3.05) is 11.1 Å². The van der Waals surface area contributed by atoms with E-state index in [1.807, 2.05) is 0 Å². The van der Waals surface area contributed by atoms with Gasteiger partial charge in [-0.25, -0.2) is 0 Å². The predicted octanol–water partition coefficient (Wildman–Crippen LogP) is 1.98. The Labute approximate surface area is 105 Å². The van der Waals surface area contributed by atoms with E-state index in [-0.39, 0.29) is 11.9 Å². The average molecular weight is 297 g/mol. The van der Waals surface area contributed by atoms with Crippen molar-refractivity contribution in [3.8, 4) is 0 Å². The van der Waals surface area contributed by atoms with E-state index in [1.54, 1.807) is 25.1 Å². The molecule has 3 N–H and O–H groups in total. The number of hydrogen-bond acceptors (Lipinski definition) is 5. The topological polar surface area (TPSA) is 94.0 Å². The van der Waals surface area contributed by atoms with E-state index >= 15 is 0 Å². The fraction of sp³-hybridized carbons (Fsp3) is 0.100. The molecule has 0 aliphatic rings. The molecule has 1 aromatic heterocycles. The van der Waals surface area contributed by atoms with Gasteiger partial charge in [-0.15, -0.1) is 5.10 Å². The van der Waals surface area contributed by atoms with Gasteiger partial charge in [-0.2, -0.15) is 0 Å². The third kappa shape index (κ3) is 2.82. The van der Waals surface area contributed by atoms with Crippen LogP contribution in [-0.2, 0) is 0 Å². The Balaban J connectivity index is 2.19. The lowest BCUT2D eigenvalue weighted by Crippen LogP contribution is -2.12. The average Bonchev–Trinajstić information content (AvgIpc) is 2.62. The first-order valence-corrected chi connectivity index (χ1v) is 5.51. The molecule has 0 saturated carbocycles. The minimum absolute atomic E-state index is 0.0612. The molecule has 7 heteroatoms. The molecule has 0 bridgehead atoms. The van der Waals surface area contributed by atoms with Gasteiger partial charge in [0.1, 0.15) is 0 Å². The second-order valence-corrected chi connectivity index (χ2v) is 4.27. The number of carbonyl (C=O) groups is 1. The molecule has 0 unspecified atom stereocenters. The summed E-state index contributed by atoms with van der Waals surface area (Å²) < 4.78 is 5.77. The molecule has 6 nitrogen and oxygen atoms in total. The van der Waals surface area contributed by atoms with Crippen LogP contribution in [-0.4, -0.2) is 16.1 Å². The van der Waals surface area contributed by atoms with Crippen LogP contribution in [0.25, 0.3) is 0 Å². The number of rotatable bonds is 2.